The van der Waals surface area contributed by atoms with Gasteiger partial charge in [0, 0.05) is 22.1 Å². The number of halogens is 1. The summed E-state index contributed by atoms with van der Waals surface area (Å²) in [7, 11) is 0. The highest BCUT2D eigenvalue weighted by atomic mass is 79.9. The Hall–Kier alpha value is -2.67. The largest absolute Gasteiger partial charge is 0.480 e. The topological polar surface area (TPSA) is 104 Å². The van der Waals surface area contributed by atoms with Crippen molar-refractivity contribution in [3.05, 3.63) is 64.1 Å². The van der Waals surface area contributed by atoms with Crippen LogP contribution in [0.4, 0.5) is 5.69 Å². The standard InChI is InChI=1S/C17H14BrNO5/c18-11-7-5-10(6-8-11)15(20)9-14(17(23)24)19-13-4-2-1-3-12(13)16(21)22/h1-8,14,19H,9H2,(H,21,22)(H,23,24). The Bertz CT molecular complexity index is 773. The molecule has 1 unspecified atom stereocenters. The SMILES string of the molecule is O=C(CC(Nc1ccccc1C(=O)O)C(=O)O)c1ccc(Br)cc1. The molecule has 7 heteroatoms. The lowest BCUT2D eigenvalue weighted by Crippen LogP contribution is -2.32. The molecule has 0 saturated carbocycles. The number of nitrogens with one attached hydrogen (secondary N) is 1. The number of para-hydroxylation sites is 1. The minimum Gasteiger partial charge on any atom is -0.480 e. The van der Waals surface area contributed by atoms with E-state index in [4.69, 9.17) is 5.11 Å². The number of benzene rings is 2. The zero-order chi connectivity index (χ0) is 17.7. The minimum absolute atomic E-state index is 0.0557. The summed E-state index contributed by atoms with van der Waals surface area (Å²) in [5.74, 6) is -2.77. The molecule has 0 radical (unpaired) electrons. The van der Waals surface area contributed by atoms with Gasteiger partial charge in [0.1, 0.15) is 6.04 Å². The summed E-state index contributed by atoms with van der Waals surface area (Å²) >= 11 is 3.26. The van der Waals surface area contributed by atoms with Crippen molar-refractivity contribution in [2.24, 2.45) is 0 Å². The van der Waals surface area contributed by atoms with Crippen molar-refractivity contribution < 1.29 is 24.6 Å². The molecule has 0 fully saturated rings. The minimum atomic E-state index is -1.24. The van der Waals surface area contributed by atoms with Crippen molar-refractivity contribution in [2.75, 3.05) is 5.32 Å². The summed E-state index contributed by atoms with van der Waals surface area (Å²) < 4.78 is 0.808. The van der Waals surface area contributed by atoms with Crippen LogP contribution in [0.25, 0.3) is 0 Å². The molecular formula is C17H14BrNO5. The fourth-order valence-corrected chi connectivity index (χ4v) is 2.39. The number of aromatic carboxylic acids is 1. The lowest BCUT2D eigenvalue weighted by molar-refractivity contribution is -0.137. The van der Waals surface area contributed by atoms with Crippen LogP contribution in [0.5, 0.6) is 0 Å². The molecule has 2 aromatic rings. The number of rotatable bonds is 7. The Morgan fingerprint density at radius 3 is 2.21 bits per heavy atom. The molecule has 24 heavy (non-hydrogen) atoms. The van der Waals surface area contributed by atoms with Crippen molar-refractivity contribution in [2.45, 2.75) is 12.5 Å². The Morgan fingerprint density at radius 1 is 1.00 bits per heavy atom. The first kappa shape index (κ1) is 17.7. The number of aliphatic carboxylic acids is 1. The smallest absolute Gasteiger partial charge is 0.337 e. The van der Waals surface area contributed by atoms with Crippen molar-refractivity contribution in [3.63, 3.8) is 0 Å². The van der Waals surface area contributed by atoms with Gasteiger partial charge in [-0.25, -0.2) is 9.59 Å². The molecule has 0 aliphatic rings. The highest BCUT2D eigenvalue weighted by molar-refractivity contribution is 9.10. The van der Waals surface area contributed by atoms with E-state index in [9.17, 15) is 19.5 Å². The molecule has 2 rings (SSSR count). The molecular weight excluding hydrogens is 378 g/mol. The normalized spacial score (nSPS) is 11.5. The van der Waals surface area contributed by atoms with Gasteiger partial charge >= 0.3 is 11.9 Å². The number of carbonyl (C=O) groups excluding carboxylic acids is 1. The lowest BCUT2D eigenvalue weighted by atomic mass is 10.0. The number of carboxylic acid groups (broad SMARTS) is 2. The van der Waals surface area contributed by atoms with Crippen LogP contribution in [0.2, 0.25) is 0 Å². The number of hydrogen-bond acceptors (Lipinski definition) is 4. The zero-order valence-corrected chi connectivity index (χ0v) is 14.0. The van der Waals surface area contributed by atoms with Gasteiger partial charge in [-0.05, 0) is 24.3 Å². The first-order valence-electron chi connectivity index (χ1n) is 6.99. The molecule has 124 valence electrons. The molecule has 1 atom stereocenters. The summed E-state index contributed by atoms with van der Waals surface area (Å²) in [5, 5.41) is 21.1. The highest BCUT2D eigenvalue weighted by Crippen LogP contribution is 2.18. The molecule has 0 aliphatic carbocycles. The lowest BCUT2D eigenvalue weighted by Gasteiger charge is -2.16. The number of ketones is 1. The average molecular weight is 392 g/mol. The van der Waals surface area contributed by atoms with E-state index in [0.717, 1.165) is 4.47 Å². The van der Waals surface area contributed by atoms with E-state index in [1.54, 1.807) is 30.3 Å². The maximum absolute atomic E-state index is 12.2. The highest BCUT2D eigenvalue weighted by Gasteiger charge is 2.23. The summed E-state index contributed by atoms with van der Waals surface area (Å²) in [6.45, 7) is 0. The van der Waals surface area contributed by atoms with E-state index in [0.29, 0.717) is 5.56 Å². The first-order valence-corrected chi connectivity index (χ1v) is 7.78. The van der Waals surface area contributed by atoms with Gasteiger partial charge in [0.25, 0.3) is 0 Å². The monoisotopic (exact) mass is 391 g/mol. The van der Waals surface area contributed by atoms with E-state index in [-0.39, 0.29) is 23.5 Å². The third-order valence-corrected chi connectivity index (χ3v) is 3.87. The molecule has 3 N–H and O–H groups in total. The zero-order valence-electron chi connectivity index (χ0n) is 12.4. The Labute approximate surface area is 146 Å². The number of Topliss-reactive ketones (excluding diaryl/α,β-unsaturated/α-hetero) is 1. The maximum atomic E-state index is 12.2. The Morgan fingerprint density at radius 2 is 1.62 bits per heavy atom. The molecule has 0 heterocycles. The van der Waals surface area contributed by atoms with Gasteiger partial charge in [0.15, 0.2) is 5.78 Å². The maximum Gasteiger partial charge on any atom is 0.337 e. The molecule has 0 saturated heterocycles. The van der Waals surface area contributed by atoms with Crippen LogP contribution < -0.4 is 5.32 Å². The predicted molar refractivity (Wildman–Crippen MR) is 91.5 cm³/mol. The van der Waals surface area contributed by atoms with Crippen molar-refractivity contribution in [1.29, 1.82) is 0 Å². The third-order valence-electron chi connectivity index (χ3n) is 3.34. The summed E-state index contributed by atoms with van der Waals surface area (Å²) in [4.78, 5) is 34.9. The van der Waals surface area contributed by atoms with Crippen molar-refractivity contribution >= 4 is 39.3 Å². The van der Waals surface area contributed by atoms with E-state index in [1.807, 2.05) is 0 Å². The molecule has 2 aromatic carbocycles. The van der Waals surface area contributed by atoms with Gasteiger partial charge in [-0.2, -0.15) is 0 Å². The van der Waals surface area contributed by atoms with Gasteiger partial charge in [0.05, 0.1) is 5.56 Å². The van der Waals surface area contributed by atoms with Gasteiger partial charge in [0.2, 0.25) is 0 Å². The van der Waals surface area contributed by atoms with Gasteiger partial charge < -0.3 is 15.5 Å². The molecule has 6 nitrogen and oxygen atoms in total. The number of carbonyl (C=O) groups is 3. The quantitative estimate of drug-likeness (QED) is 0.625. The van der Waals surface area contributed by atoms with Crippen LogP contribution in [0.1, 0.15) is 27.1 Å². The van der Waals surface area contributed by atoms with Crippen LogP contribution in [-0.4, -0.2) is 34.0 Å². The number of carboxylic acids is 2. The fourth-order valence-electron chi connectivity index (χ4n) is 2.12. The van der Waals surface area contributed by atoms with Crippen LogP contribution >= 0.6 is 15.9 Å². The predicted octanol–water partition coefficient (Wildman–Crippen LogP) is 3.29. The summed E-state index contributed by atoms with van der Waals surface area (Å²) in [6.07, 6.45) is -0.301. The van der Waals surface area contributed by atoms with E-state index in [1.165, 1.54) is 18.2 Å². The Balaban J connectivity index is 2.19. The molecule has 0 aromatic heterocycles. The second-order valence-electron chi connectivity index (χ2n) is 5.02. The molecule has 0 bridgehead atoms. The van der Waals surface area contributed by atoms with E-state index in [2.05, 4.69) is 21.2 Å². The molecule has 0 spiro atoms. The van der Waals surface area contributed by atoms with E-state index >= 15 is 0 Å². The van der Waals surface area contributed by atoms with E-state index < -0.39 is 18.0 Å². The molecule has 0 aliphatic heterocycles. The Kier molecular flexibility index (Phi) is 5.70. The van der Waals surface area contributed by atoms with Gasteiger partial charge in [-0.1, -0.05) is 40.2 Å². The second-order valence-corrected chi connectivity index (χ2v) is 5.94. The number of anilines is 1. The summed E-state index contributed by atoms with van der Waals surface area (Å²) in [5.41, 5.74) is 0.485. The van der Waals surface area contributed by atoms with Crippen LogP contribution in [-0.2, 0) is 4.79 Å². The second kappa shape index (κ2) is 7.74. The fraction of sp³-hybridized carbons (Fsp3) is 0.118. The third kappa shape index (κ3) is 4.42. The van der Waals surface area contributed by atoms with Crippen molar-refractivity contribution in [1.82, 2.24) is 0 Å². The molecule has 0 amide bonds. The van der Waals surface area contributed by atoms with Crippen LogP contribution in [0.3, 0.4) is 0 Å². The van der Waals surface area contributed by atoms with Gasteiger partial charge in [-0.15, -0.1) is 0 Å². The average Bonchev–Trinajstić information content (AvgIpc) is 2.55. The number of hydrogen-bond donors (Lipinski definition) is 3. The van der Waals surface area contributed by atoms with Crippen LogP contribution in [0, 0.1) is 0 Å². The van der Waals surface area contributed by atoms with Gasteiger partial charge in [-0.3, -0.25) is 4.79 Å². The first-order chi connectivity index (χ1) is 11.4. The van der Waals surface area contributed by atoms with Crippen LogP contribution in [0.15, 0.2) is 53.0 Å². The summed E-state index contributed by atoms with van der Waals surface area (Å²) in [6, 6.07) is 11.3. The van der Waals surface area contributed by atoms with Crippen molar-refractivity contribution in [3.8, 4) is 0 Å².